The van der Waals surface area contributed by atoms with E-state index in [4.69, 9.17) is 9.40 Å². The third-order valence-corrected chi connectivity index (χ3v) is 7.10. The number of hydrogen-bond donors (Lipinski definition) is 0. The van der Waals surface area contributed by atoms with Crippen molar-refractivity contribution >= 4 is 39.2 Å². The molecule has 2 aliphatic rings. The number of benzene rings is 1. The Hall–Kier alpha value is -1.93. The maximum atomic E-state index is 12.7. The SMILES string of the molecule is O=C(CSc1nnc(C2CC2)o1)N1CCCC(c2nc3ccccc3s2)C1. The van der Waals surface area contributed by atoms with E-state index < -0.39 is 0 Å². The molecule has 6 nitrogen and oxygen atoms in total. The van der Waals surface area contributed by atoms with Crippen LogP contribution < -0.4 is 0 Å². The molecule has 1 amide bonds. The van der Waals surface area contributed by atoms with Crippen LogP contribution in [-0.2, 0) is 4.79 Å². The van der Waals surface area contributed by atoms with E-state index in [1.54, 1.807) is 11.3 Å². The Morgan fingerprint density at radius 2 is 2.11 bits per heavy atom. The third-order valence-electron chi connectivity index (χ3n) is 5.10. The lowest BCUT2D eigenvalue weighted by Gasteiger charge is -2.31. The predicted molar refractivity (Wildman–Crippen MR) is 105 cm³/mol. The van der Waals surface area contributed by atoms with Crippen LogP contribution in [0.25, 0.3) is 10.2 Å². The van der Waals surface area contributed by atoms with Gasteiger partial charge in [0.25, 0.3) is 5.22 Å². The minimum absolute atomic E-state index is 0.136. The summed E-state index contributed by atoms with van der Waals surface area (Å²) in [6.07, 6.45) is 4.37. The molecule has 0 bridgehead atoms. The summed E-state index contributed by atoms with van der Waals surface area (Å²) in [6.45, 7) is 1.56. The van der Waals surface area contributed by atoms with Crippen LogP contribution in [0, 0.1) is 0 Å². The number of fused-ring (bicyclic) bond motifs is 1. The molecule has 1 aliphatic heterocycles. The Morgan fingerprint density at radius 3 is 2.96 bits per heavy atom. The number of thiazole rings is 1. The Bertz CT molecular complexity index is 932. The summed E-state index contributed by atoms with van der Waals surface area (Å²) in [4.78, 5) is 19.4. The number of aromatic nitrogens is 3. The zero-order valence-electron chi connectivity index (χ0n) is 14.8. The largest absolute Gasteiger partial charge is 0.416 e. The summed E-state index contributed by atoms with van der Waals surface area (Å²) in [5.74, 6) is 1.98. The van der Waals surface area contributed by atoms with Crippen molar-refractivity contribution in [3.05, 3.63) is 35.2 Å². The van der Waals surface area contributed by atoms with E-state index in [1.165, 1.54) is 16.5 Å². The summed E-state index contributed by atoms with van der Waals surface area (Å²) in [6, 6.07) is 8.23. The molecule has 1 saturated heterocycles. The number of para-hydroxylation sites is 1. The van der Waals surface area contributed by atoms with Gasteiger partial charge in [-0.1, -0.05) is 23.9 Å². The second-order valence-electron chi connectivity index (χ2n) is 7.17. The summed E-state index contributed by atoms with van der Waals surface area (Å²) in [5.41, 5.74) is 1.05. The normalized spacial score (nSPS) is 20.3. The van der Waals surface area contributed by atoms with E-state index in [2.05, 4.69) is 22.3 Å². The van der Waals surface area contributed by atoms with Gasteiger partial charge in [0.05, 0.1) is 21.0 Å². The molecule has 1 aromatic carbocycles. The van der Waals surface area contributed by atoms with E-state index in [0.29, 0.717) is 22.8 Å². The van der Waals surface area contributed by atoms with Crippen molar-refractivity contribution < 1.29 is 9.21 Å². The lowest BCUT2D eigenvalue weighted by molar-refractivity contribution is -0.129. The number of carbonyl (C=O) groups excluding carboxylic acids is 1. The van der Waals surface area contributed by atoms with Crippen molar-refractivity contribution in [1.29, 1.82) is 0 Å². The van der Waals surface area contributed by atoms with Gasteiger partial charge in [-0.15, -0.1) is 21.5 Å². The minimum atomic E-state index is 0.136. The number of piperidine rings is 1. The molecule has 1 atom stereocenters. The molecule has 2 fully saturated rings. The van der Waals surface area contributed by atoms with E-state index in [9.17, 15) is 4.79 Å². The Labute approximate surface area is 165 Å². The molecule has 3 heterocycles. The molecule has 27 heavy (non-hydrogen) atoms. The topological polar surface area (TPSA) is 72.1 Å². The molecule has 140 valence electrons. The van der Waals surface area contributed by atoms with Crippen molar-refractivity contribution in [3.63, 3.8) is 0 Å². The fourth-order valence-corrected chi connectivity index (χ4v) is 5.22. The standard InChI is InChI=1S/C19H20N4O2S2/c24-16(11-26-19-22-21-17(25-19)12-7-8-12)23-9-3-4-13(10-23)18-20-14-5-1-2-6-15(14)27-18/h1-2,5-6,12-13H,3-4,7-11H2. The molecule has 1 aliphatic carbocycles. The lowest BCUT2D eigenvalue weighted by Crippen LogP contribution is -2.40. The maximum Gasteiger partial charge on any atom is 0.277 e. The first-order chi connectivity index (χ1) is 13.3. The zero-order chi connectivity index (χ0) is 18.2. The smallest absolute Gasteiger partial charge is 0.277 e. The van der Waals surface area contributed by atoms with Crippen LogP contribution in [0.3, 0.4) is 0 Å². The first-order valence-corrected chi connectivity index (χ1v) is 11.2. The van der Waals surface area contributed by atoms with Crippen LogP contribution in [0.2, 0.25) is 0 Å². The van der Waals surface area contributed by atoms with Crippen LogP contribution >= 0.6 is 23.1 Å². The summed E-state index contributed by atoms with van der Waals surface area (Å²) in [7, 11) is 0. The fourth-order valence-electron chi connectivity index (χ4n) is 3.46. The van der Waals surface area contributed by atoms with Gasteiger partial charge >= 0.3 is 0 Å². The Kier molecular flexibility index (Phi) is 4.61. The highest BCUT2D eigenvalue weighted by Crippen LogP contribution is 2.40. The van der Waals surface area contributed by atoms with Gasteiger partial charge < -0.3 is 9.32 Å². The van der Waals surface area contributed by atoms with E-state index in [-0.39, 0.29) is 5.91 Å². The van der Waals surface area contributed by atoms with Crippen molar-refractivity contribution in [1.82, 2.24) is 20.1 Å². The van der Waals surface area contributed by atoms with Gasteiger partial charge in [0.15, 0.2) is 0 Å². The number of hydrogen-bond acceptors (Lipinski definition) is 7. The summed E-state index contributed by atoms with van der Waals surface area (Å²) in [5, 5.41) is 9.77. The first kappa shape index (κ1) is 17.2. The van der Waals surface area contributed by atoms with Crippen molar-refractivity contribution in [2.75, 3.05) is 18.8 Å². The van der Waals surface area contributed by atoms with Crippen LogP contribution in [0.5, 0.6) is 0 Å². The van der Waals surface area contributed by atoms with Crippen molar-refractivity contribution in [3.8, 4) is 0 Å². The second kappa shape index (κ2) is 7.24. The van der Waals surface area contributed by atoms with Gasteiger partial charge in [0.2, 0.25) is 11.8 Å². The Morgan fingerprint density at radius 1 is 1.22 bits per heavy atom. The molecule has 0 spiro atoms. The molecule has 1 saturated carbocycles. The zero-order valence-corrected chi connectivity index (χ0v) is 16.5. The highest BCUT2D eigenvalue weighted by atomic mass is 32.2. The number of likely N-dealkylation sites (tertiary alicyclic amines) is 1. The molecule has 5 rings (SSSR count). The fraction of sp³-hybridized carbons (Fsp3) is 0.474. The Balaban J connectivity index is 1.21. The van der Waals surface area contributed by atoms with Gasteiger partial charge in [-0.05, 0) is 37.8 Å². The number of thioether (sulfide) groups is 1. The van der Waals surface area contributed by atoms with Crippen molar-refractivity contribution in [2.45, 2.75) is 42.7 Å². The van der Waals surface area contributed by atoms with E-state index in [0.717, 1.165) is 55.2 Å². The van der Waals surface area contributed by atoms with Crippen LogP contribution in [-0.4, -0.2) is 44.8 Å². The van der Waals surface area contributed by atoms with Crippen molar-refractivity contribution in [2.24, 2.45) is 0 Å². The quantitative estimate of drug-likeness (QED) is 0.602. The summed E-state index contributed by atoms with van der Waals surface area (Å²) < 4.78 is 6.85. The summed E-state index contributed by atoms with van der Waals surface area (Å²) >= 11 is 3.10. The van der Waals surface area contributed by atoms with Gasteiger partial charge in [0, 0.05) is 24.9 Å². The van der Waals surface area contributed by atoms with Gasteiger partial charge in [-0.25, -0.2) is 4.98 Å². The molecule has 0 radical (unpaired) electrons. The number of carbonyl (C=O) groups is 1. The van der Waals surface area contributed by atoms with Crippen LogP contribution in [0.15, 0.2) is 33.9 Å². The lowest BCUT2D eigenvalue weighted by atomic mass is 9.99. The molecule has 0 N–H and O–H groups in total. The third kappa shape index (κ3) is 3.73. The van der Waals surface area contributed by atoms with Crippen LogP contribution in [0.4, 0.5) is 0 Å². The average molecular weight is 401 g/mol. The van der Waals surface area contributed by atoms with E-state index >= 15 is 0 Å². The maximum absolute atomic E-state index is 12.7. The monoisotopic (exact) mass is 400 g/mol. The van der Waals surface area contributed by atoms with Crippen LogP contribution in [0.1, 0.15) is 48.4 Å². The minimum Gasteiger partial charge on any atom is -0.416 e. The number of rotatable bonds is 5. The number of nitrogens with zero attached hydrogens (tertiary/aromatic N) is 4. The van der Waals surface area contributed by atoms with Gasteiger partial charge in [0.1, 0.15) is 0 Å². The predicted octanol–water partition coefficient (Wildman–Crippen LogP) is 4.06. The highest BCUT2D eigenvalue weighted by molar-refractivity contribution is 7.99. The molecule has 2 aromatic heterocycles. The first-order valence-electron chi connectivity index (χ1n) is 9.36. The van der Waals surface area contributed by atoms with Gasteiger partial charge in [-0.2, -0.15) is 0 Å². The van der Waals surface area contributed by atoms with E-state index in [1.807, 2.05) is 17.0 Å². The van der Waals surface area contributed by atoms with Gasteiger partial charge in [-0.3, -0.25) is 4.79 Å². The molecule has 3 aromatic rings. The second-order valence-corrected chi connectivity index (χ2v) is 9.16. The highest BCUT2D eigenvalue weighted by Gasteiger charge is 2.30. The average Bonchev–Trinajstić information content (AvgIpc) is 3.28. The number of amides is 1. The molecular weight excluding hydrogens is 380 g/mol. The molecule has 1 unspecified atom stereocenters. The molecule has 8 heteroatoms. The molecular formula is C19H20N4O2S2.